The molecule has 174 valence electrons. The minimum atomic E-state index is -4.78. The fraction of sp³-hybridized carbons (Fsp3) is 0.381. The van der Waals surface area contributed by atoms with Crippen LogP contribution in [-0.4, -0.2) is 66.9 Å². The minimum absolute atomic E-state index is 0.0333. The van der Waals surface area contributed by atoms with Crippen molar-refractivity contribution in [3.05, 3.63) is 47.3 Å². The number of anilines is 1. The summed E-state index contributed by atoms with van der Waals surface area (Å²) in [4.78, 5) is 12.7. The van der Waals surface area contributed by atoms with Gasteiger partial charge in [0, 0.05) is 54.8 Å². The van der Waals surface area contributed by atoms with E-state index in [2.05, 4.69) is 16.0 Å². The zero-order chi connectivity index (χ0) is 23.9. The average Bonchev–Trinajstić information content (AvgIpc) is 2.77. The Morgan fingerprint density at radius 3 is 2.47 bits per heavy atom. The third-order valence-corrected chi connectivity index (χ3v) is 4.83. The van der Waals surface area contributed by atoms with E-state index in [1.54, 1.807) is 6.92 Å². The highest BCUT2D eigenvalue weighted by Gasteiger charge is 2.37. The molecule has 6 N–H and O–H groups in total. The highest BCUT2D eigenvalue weighted by molar-refractivity contribution is 6.24. The smallest absolute Gasteiger partial charge is 0.394 e. The van der Waals surface area contributed by atoms with Crippen LogP contribution in [-0.2, 0) is 4.79 Å². The third kappa shape index (κ3) is 6.33. The van der Waals surface area contributed by atoms with Gasteiger partial charge in [0.25, 0.3) is 0 Å². The van der Waals surface area contributed by atoms with Crippen molar-refractivity contribution in [1.82, 2.24) is 15.5 Å². The topological polar surface area (TPSA) is 124 Å². The summed E-state index contributed by atoms with van der Waals surface area (Å²) in [5.41, 5.74) is 0.199. The molecule has 1 heterocycles. The number of nitrogens with one attached hydrogen (secondary N) is 5. The number of carbonyl (C=O) groups is 1. The quantitative estimate of drug-likeness (QED) is 0.195. The molecule has 1 atom stereocenters. The van der Waals surface area contributed by atoms with E-state index in [1.807, 2.05) is 0 Å². The van der Waals surface area contributed by atoms with Crippen LogP contribution in [0.15, 0.2) is 41.7 Å². The van der Waals surface area contributed by atoms with Crippen molar-refractivity contribution < 1.29 is 23.1 Å². The van der Waals surface area contributed by atoms with Gasteiger partial charge in [0.1, 0.15) is 11.5 Å². The molecule has 1 aromatic rings. The minimum Gasteiger partial charge on any atom is -0.394 e. The molecule has 32 heavy (non-hydrogen) atoms. The maximum Gasteiger partial charge on any atom is 0.433 e. The summed E-state index contributed by atoms with van der Waals surface area (Å²) in [5, 5.41) is 33.8. The molecule has 1 aliphatic heterocycles. The number of nitrogens with zero attached hydrogens (tertiary/aromatic N) is 1. The van der Waals surface area contributed by atoms with Gasteiger partial charge in [-0.25, -0.2) is 0 Å². The highest BCUT2D eigenvalue weighted by atomic mass is 19.4. The highest BCUT2D eigenvalue weighted by Crippen LogP contribution is 2.28. The number of benzene rings is 1. The van der Waals surface area contributed by atoms with Crippen LogP contribution in [0.1, 0.15) is 18.9 Å². The molecule has 0 radical (unpaired) electrons. The molecule has 0 spiro atoms. The Balaban J connectivity index is 2.24. The number of allylic oxidation sites excluding steroid dienone is 1. The van der Waals surface area contributed by atoms with Gasteiger partial charge in [-0.1, -0.05) is 12.1 Å². The van der Waals surface area contributed by atoms with Crippen LogP contribution in [0.2, 0.25) is 0 Å². The first-order valence-corrected chi connectivity index (χ1v) is 9.89. The SMILES string of the molecule is CN/C=C(\C(=N)C(F)(F)F)c1ccc(NC(=N)C2=C(NC(C)CO)CCN(C=O)C2)cc1. The van der Waals surface area contributed by atoms with E-state index >= 15 is 0 Å². The van der Waals surface area contributed by atoms with Gasteiger partial charge in [-0.2, -0.15) is 13.2 Å². The third-order valence-electron chi connectivity index (χ3n) is 4.83. The number of alkyl halides is 3. The van der Waals surface area contributed by atoms with Gasteiger partial charge in [0.2, 0.25) is 6.41 Å². The van der Waals surface area contributed by atoms with E-state index < -0.39 is 11.9 Å². The molecule has 0 aromatic heterocycles. The second kappa shape index (κ2) is 10.8. The van der Waals surface area contributed by atoms with Crippen LogP contribution in [0, 0.1) is 10.8 Å². The predicted molar refractivity (Wildman–Crippen MR) is 118 cm³/mol. The first kappa shape index (κ1) is 24.9. The Hall–Kier alpha value is -3.34. The standard InChI is InChI=1S/C21H27F3N6O2/c1-13(11-31)28-18-7-8-30(12-32)10-17(18)20(26)29-15-5-3-14(4-6-15)16(9-27-2)19(25)21(22,23)24/h3-6,9,12-13,25,27-28,31H,7-8,10-11H2,1-2H3,(H2,26,29)/b16-9-,25-19?. The number of carbonyl (C=O) groups excluding carboxylic acids is 1. The number of amides is 1. The fourth-order valence-corrected chi connectivity index (χ4v) is 3.16. The number of aliphatic hydroxyl groups is 1. The second-order valence-electron chi connectivity index (χ2n) is 7.31. The lowest BCUT2D eigenvalue weighted by Crippen LogP contribution is -2.40. The van der Waals surface area contributed by atoms with Gasteiger partial charge in [-0.3, -0.25) is 15.6 Å². The second-order valence-corrected chi connectivity index (χ2v) is 7.31. The van der Waals surface area contributed by atoms with Crippen molar-refractivity contribution in [2.45, 2.75) is 25.6 Å². The van der Waals surface area contributed by atoms with E-state index in [1.165, 1.54) is 36.2 Å². The van der Waals surface area contributed by atoms with Gasteiger partial charge in [0.15, 0.2) is 0 Å². The number of halogens is 3. The Kier molecular flexibility index (Phi) is 8.41. The van der Waals surface area contributed by atoms with Crippen LogP contribution < -0.4 is 16.0 Å². The lowest BCUT2D eigenvalue weighted by atomic mass is 10.0. The zero-order valence-corrected chi connectivity index (χ0v) is 17.8. The zero-order valence-electron chi connectivity index (χ0n) is 17.8. The van der Waals surface area contributed by atoms with Crippen molar-refractivity contribution in [2.24, 2.45) is 0 Å². The lowest BCUT2D eigenvalue weighted by Gasteiger charge is -2.30. The Morgan fingerprint density at radius 2 is 1.94 bits per heavy atom. The normalized spacial score (nSPS) is 15.8. The van der Waals surface area contributed by atoms with Crippen LogP contribution in [0.25, 0.3) is 5.57 Å². The monoisotopic (exact) mass is 452 g/mol. The van der Waals surface area contributed by atoms with Crippen molar-refractivity contribution in [3.8, 4) is 0 Å². The Bertz CT molecular complexity index is 909. The molecule has 1 aliphatic rings. The Morgan fingerprint density at radius 1 is 1.28 bits per heavy atom. The van der Waals surface area contributed by atoms with E-state index in [-0.39, 0.29) is 36.2 Å². The molecular weight excluding hydrogens is 425 g/mol. The maximum atomic E-state index is 13.0. The van der Waals surface area contributed by atoms with Crippen molar-refractivity contribution in [2.75, 3.05) is 32.1 Å². The van der Waals surface area contributed by atoms with E-state index in [4.69, 9.17) is 10.8 Å². The van der Waals surface area contributed by atoms with Crippen LogP contribution >= 0.6 is 0 Å². The number of amidine groups is 1. The molecule has 2 rings (SSSR count). The molecule has 1 aromatic carbocycles. The largest absolute Gasteiger partial charge is 0.433 e. The van der Waals surface area contributed by atoms with E-state index in [0.29, 0.717) is 30.6 Å². The summed E-state index contributed by atoms with van der Waals surface area (Å²) in [6.07, 6.45) is -2.46. The van der Waals surface area contributed by atoms with Crippen LogP contribution in [0.3, 0.4) is 0 Å². The molecule has 8 nitrogen and oxygen atoms in total. The molecule has 11 heteroatoms. The number of aliphatic hydroxyl groups excluding tert-OH is 1. The first-order chi connectivity index (χ1) is 15.1. The number of hydrogen-bond donors (Lipinski definition) is 6. The average molecular weight is 452 g/mol. The summed E-state index contributed by atoms with van der Waals surface area (Å²) >= 11 is 0. The van der Waals surface area contributed by atoms with Crippen molar-refractivity contribution >= 4 is 29.2 Å². The summed E-state index contributed by atoms with van der Waals surface area (Å²) in [6, 6.07) is 5.66. The van der Waals surface area contributed by atoms with Gasteiger partial charge >= 0.3 is 6.18 Å². The summed E-state index contributed by atoms with van der Waals surface area (Å²) in [5.74, 6) is 0.0333. The summed E-state index contributed by atoms with van der Waals surface area (Å²) < 4.78 is 39.0. The van der Waals surface area contributed by atoms with Gasteiger partial charge < -0.3 is 26.0 Å². The van der Waals surface area contributed by atoms with Crippen molar-refractivity contribution in [3.63, 3.8) is 0 Å². The van der Waals surface area contributed by atoms with Gasteiger partial charge in [-0.15, -0.1) is 0 Å². The van der Waals surface area contributed by atoms with Crippen LogP contribution in [0.5, 0.6) is 0 Å². The molecular formula is C21H27F3N6O2. The molecule has 0 saturated heterocycles. The van der Waals surface area contributed by atoms with E-state index in [0.717, 1.165) is 11.9 Å². The number of rotatable bonds is 9. The summed E-state index contributed by atoms with van der Waals surface area (Å²) in [7, 11) is 1.45. The maximum absolute atomic E-state index is 13.0. The van der Waals surface area contributed by atoms with Gasteiger partial charge in [-0.05, 0) is 24.6 Å². The molecule has 0 saturated carbocycles. The number of hydrogen-bond acceptors (Lipinski definition) is 6. The molecule has 0 aliphatic carbocycles. The molecule has 1 unspecified atom stereocenters. The van der Waals surface area contributed by atoms with E-state index in [9.17, 15) is 23.1 Å². The molecule has 0 fully saturated rings. The van der Waals surface area contributed by atoms with Crippen LogP contribution in [0.4, 0.5) is 18.9 Å². The molecule has 0 bridgehead atoms. The van der Waals surface area contributed by atoms with Crippen molar-refractivity contribution in [1.29, 1.82) is 10.8 Å². The lowest BCUT2D eigenvalue weighted by molar-refractivity contribution is -0.117. The first-order valence-electron chi connectivity index (χ1n) is 9.89. The Labute approximate surface area is 184 Å². The molecule has 1 amide bonds. The predicted octanol–water partition coefficient (Wildman–Crippen LogP) is 2.30. The summed E-state index contributed by atoms with van der Waals surface area (Å²) in [6.45, 7) is 2.40. The van der Waals surface area contributed by atoms with Gasteiger partial charge in [0.05, 0.1) is 13.2 Å². The fourth-order valence-electron chi connectivity index (χ4n) is 3.16.